The number of nitrogens with zero attached hydrogens (tertiary/aromatic N) is 2. The van der Waals surface area contributed by atoms with Gasteiger partial charge in [0.1, 0.15) is 0 Å². The van der Waals surface area contributed by atoms with Gasteiger partial charge in [-0.1, -0.05) is 11.6 Å². The van der Waals surface area contributed by atoms with E-state index in [-0.39, 0.29) is 18.9 Å². The molecule has 1 aromatic heterocycles. The first kappa shape index (κ1) is 14.1. The third-order valence-electron chi connectivity index (χ3n) is 2.60. The molecule has 0 saturated heterocycles. The summed E-state index contributed by atoms with van der Waals surface area (Å²) in [4.78, 5) is 26.8. The van der Waals surface area contributed by atoms with Crippen molar-refractivity contribution in [1.29, 1.82) is 0 Å². The second-order valence-corrected chi connectivity index (χ2v) is 4.60. The van der Waals surface area contributed by atoms with Gasteiger partial charge in [0.2, 0.25) is 5.91 Å². The second kappa shape index (κ2) is 6.21. The van der Waals surface area contributed by atoms with Crippen LogP contribution in [0, 0.1) is 0 Å². The maximum atomic E-state index is 11.8. The van der Waals surface area contributed by atoms with Gasteiger partial charge < -0.3 is 11.1 Å². The molecule has 2 rings (SSSR count). The molecule has 1 heterocycles. The summed E-state index contributed by atoms with van der Waals surface area (Å²) < 4.78 is 1.30. The van der Waals surface area contributed by atoms with E-state index in [0.717, 1.165) is 0 Å². The van der Waals surface area contributed by atoms with Crippen LogP contribution in [0.4, 0.5) is 11.4 Å². The topological polar surface area (TPSA) is 90.0 Å². The normalized spacial score (nSPS) is 10.2. The highest BCUT2D eigenvalue weighted by Gasteiger charge is 2.05. The van der Waals surface area contributed by atoms with Crippen molar-refractivity contribution >= 4 is 28.9 Å². The number of hydrogen-bond acceptors (Lipinski definition) is 4. The van der Waals surface area contributed by atoms with E-state index in [1.54, 1.807) is 24.3 Å². The number of aromatic nitrogens is 2. The Morgan fingerprint density at radius 1 is 1.35 bits per heavy atom. The third-order valence-corrected chi connectivity index (χ3v) is 2.79. The van der Waals surface area contributed by atoms with Gasteiger partial charge >= 0.3 is 5.69 Å². The maximum absolute atomic E-state index is 11.8. The number of benzene rings is 1. The molecule has 0 atom stereocenters. The molecule has 1 aromatic carbocycles. The molecule has 104 valence electrons. The average molecular weight is 293 g/mol. The van der Waals surface area contributed by atoms with E-state index in [0.29, 0.717) is 16.4 Å². The molecule has 2 aromatic rings. The number of amides is 1. The summed E-state index contributed by atoms with van der Waals surface area (Å²) in [6.45, 7) is 0.215. The largest absolute Gasteiger partial charge is 0.399 e. The summed E-state index contributed by atoms with van der Waals surface area (Å²) in [6, 6.07) is 6.81. The van der Waals surface area contributed by atoms with Gasteiger partial charge in [-0.3, -0.25) is 9.36 Å². The van der Waals surface area contributed by atoms with Gasteiger partial charge in [-0.2, -0.15) is 0 Å². The summed E-state index contributed by atoms with van der Waals surface area (Å²) in [7, 11) is 0. The van der Waals surface area contributed by atoms with Gasteiger partial charge in [0.25, 0.3) is 0 Å². The standard InChI is InChI=1S/C13H13ClN4O2/c14-9-7-16-13(20)18(8-9)6-5-12(19)17-11-3-1-10(15)2-4-11/h1-4,7-8H,5-6,15H2,(H,17,19). The van der Waals surface area contributed by atoms with E-state index in [1.165, 1.54) is 17.0 Å². The van der Waals surface area contributed by atoms with E-state index in [2.05, 4.69) is 10.3 Å². The number of halogens is 1. The molecule has 0 saturated carbocycles. The molecular weight excluding hydrogens is 280 g/mol. The minimum Gasteiger partial charge on any atom is -0.399 e. The zero-order valence-electron chi connectivity index (χ0n) is 10.5. The molecule has 0 aliphatic heterocycles. The smallest absolute Gasteiger partial charge is 0.347 e. The lowest BCUT2D eigenvalue weighted by Crippen LogP contribution is -2.24. The van der Waals surface area contributed by atoms with Gasteiger partial charge in [-0.05, 0) is 24.3 Å². The summed E-state index contributed by atoms with van der Waals surface area (Å²) in [5.41, 5.74) is 6.40. The van der Waals surface area contributed by atoms with E-state index >= 15 is 0 Å². The van der Waals surface area contributed by atoms with Crippen molar-refractivity contribution in [3.63, 3.8) is 0 Å². The lowest BCUT2D eigenvalue weighted by Gasteiger charge is -2.07. The molecule has 0 aliphatic carbocycles. The molecule has 6 nitrogen and oxygen atoms in total. The van der Waals surface area contributed by atoms with Gasteiger partial charge in [0.15, 0.2) is 0 Å². The van der Waals surface area contributed by atoms with Crippen LogP contribution in [0.15, 0.2) is 41.5 Å². The highest BCUT2D eigenvalue weighted by Crippen LogP contribution is 2.10. The van der Waals surface area contributed by atoms with E-state index in [1.807, 2.05) is 0 Å². The number of nitrogens with two attached hydrogens (primary N) is 1. The summed E-state index contributed by atoms with van der Waals surface area (Å²) >= 11 is 5.74. The summed E-state index contributed by atoms with van der Waals surface area (Å²) in [6.07, 6.45) is 2.87. The first-order valence-corrected chi connectivity index (χ1v) is 6.30. The van der Waals surface area contributed by atoms with Crippen LogP contribution in [-0.4, -0.2) is 15.5 Å². The van der Waals surface area contributed by atoms with Crippen LogP contribution in [0.25, 0.3) is 0 Å². The SMILES string of the molecule is Nc1ccc(NC(=O)CCn2cc(Cl)cnc2=O)cc1. The van der Waals surface area contributed by atoms with Crippen LogP contribution in [0.2, 0.25) is 5.02 Å². The van der Waals surface area contributed by atoms with Crippen molar-refractivity contribution in [2.75, 3.05) is 11.1 Å². The zero-order valence-corrected chi connectivity index (χ0v) is 11.3. The fourth-order valence-corrected chi connectivity index (χ4v) is 1.77. The predicted molar refractivity (Wildman–Crippen MR) is 77.6 cm³/mol. The summed E-state index contributed by atoms with van der Waals surface area (Å²) in [5.74, 6) is -0.207. The highest BCUT2D eigenvalue weighted by atomic mass is 35.5. The fraction of sp³-hybridized carbons (Fsp3) is 0.154. The van der Waals surface area contributed by atoms with Crippen molar-refractivity contribution in [2.24, 2.45) is 0 Å². The first-order chi connectivity index (χ1) is 9.54. The molecule has 3 N–H and O–H groups in total. The lowest BCUT2D eigenvalue weighted by atomic mass is 10.3. The lowest BCUT2D eigenvalue weighted by molar-refractivity contribution is -0.116. The molecule has 0 spiro atoms. The second-order valence-electron chi connectivity index (χ2n) is 4.17. The third kappa shape index (κ3) is 3.83. The number of hydrogen-bond donors (Lipinski definition) is 2. The molecule has 20 heavy (non-hydrogen) atoms. The highest BCUT2D eigenvalue weighted by molar-refractivity contribution is 6.30. The van der Waals surface area contributed by atoms with Crippen LogP contribution in [0.1, 0.15) is 6.42 Å². The van der Waals surface area contributed by atoms with Crippen molar-refractivity contribution in [3.8, 4) is 0 Å². The van der Waals surface area contributed by atoms with Gasteiger partial charge in [0, 0.05) is 30.5 Å². The Kier molecular flexibility index (Phi) is 4.37. The first-order valence-electron chi connectivity index (χ1n) is 5.92. The Morgan fingerprint density at radius 3 is 2.75 bits per heavy atom. The van der Waals surface area contributed by atoms with Crippen LogP contribution in [-0.2, 0) is 11.3 Å². The van der Waals surface area contributed by atoms with Crippen LogP contribution in [0.5, 0.6) is 0 Å². The zero-order chi connectivity index (χ0) is 14.5. The van der Waals surface area contributed by atoms with Gasteiger partial charge in [0.05, 0.1) is 11.2 Å². The van der Waals surface area contributed by atoms with Crippen LogP contribution in [0.3, 0.4) is 0 Å². The number of carbonyl (C=O) groups excluding carboxylic acids is 1. The number of anilines is 2. The molecule has 0 aliphatic rings. The summed E-state index contributed by atoms with van der Waals surface area (Å²) in [5, 5.41) is 3.06. The van der Waals surface area contributed by atoms with Crippen LogP contribution < -0.4 is 16.7 Å². The fourth-order valence-electron chi connectivity index (χ4n) is 1.60. The van der Waals surface area contributed by atoms with Gasteiger partial charge in [-0.15, -0.1) is 0 Å². The number of nitrogens with one attached hydrogen (secondary N) is 1. The predicted octanol–water partition coefficient (Wildman–Crippen LogP) is 1.51. The van der Waals surface area contributed by atoms with Crippen molar-refractivity contribution in [1.82, 2.24) is 9.55 Å². The Morgan fingerprint density at radius 2 is 2.05 bits per heavy atom. The number of rotatable bonds is 4. The average Bonchev–Trinajstić information content (AvgIpc) is 2.42. The molecule has 0 bridgehead atoms. The van der Waals surface area contributed by atoms with E-state index in [9.17, 15) is 9.59 Å². The monoisotopic (exact) mass is 292 g/mol. The Balaban J connectivity index is 1.93. The molecule has 0 radical (unpaired) electrons. The molecule has 0 fully saturated rings. The Hall–Kier alpha value is -2.34. The minimum absolute atomic E-state index is 0.145. The van der Waals surface area contributed by atoms with Crippen molar-refractivity contribution < 1.29 is 4.79 Å². The van der Waals surface area contributed by atoms with Crippen LogP contribution >= 0.6 is 11.6 Å². The molecule has 7 heteroatoms. The van der Waals surface area contributed by atoms with Gasteiger partial charge in [-0.25, -0.2) is 9.78 Å². The minimum atomic E-state index is -0.435. The number of aryl methyl sites for hydroxylation is 1. The molecule has 0 unspecified atom stereocenters. The molecular formula is C13H13ClN4O2. The van der Waals surface area contributed by atoms with Crippen molar-refractivity contribution in [2.45, 2.75) is 13.0 Å². The van der Waals surface area contributed by atoms with Crippen molar-refractivity contribution in [3.05, 3.63) is 52.2 Å². The molecule has 1 amide bonds. The number of nitrogen functional groups attached to an aromatic ring is 1. The number of carbonyl (C=O) groups is 1. The Bertz CT molecular complexity index is 667. The Labute approximate surface area is 120 Å². The quantitative estimate of drug-likeness (QED) is 0.836. The maximum Gasteiger partial charge on any atom is 0.347 e. The van der Waals surface area contributed by atoms with E-state index < -0.39 is 5.69 Å². The van der Waals surface area contributed by atoms with E-state index in [4.69, 9.17) is 17.3 Å².